The number of aliphatic hydroxyl groups excluding tert-OH is 1. The topological polar surface area (TPSA) is 96.9 Å². The molecule has 114 valence electrons. The molecule has 0 fully saturated rings. The average molecular weight is 294 g/mol. The Morgan fingerprint density at radius 2 is 2.33 bits per heavy atom. The van der Waals surface area contributed by atoms with Crippen molar-refractivity contribution in [2.45, 2.75) is 18.6 Å². The number of carbonyl (C=O) groups is 2. The molecule has 1 aliphatic heterocycles. The van der Waals surface area contributed by atoms with Gasteiger partial charge in [0.05, 0.1) is 25.3 Å². The SMILES string of the molecule is CNC(CC(=O)OC)C(O)c1ccc2c(c1)NC(=O)CO2. The predicted octanol–water partition coefficient (Wildman–Crippen LogP) is 0.202. The summed E-state index contributed by atoms with van der Waals surface area (Å²) in [5.74, 6) is -0.101. The number of nitrogens with one attached hydrogen (secondary N) is 2. The van der Waals surface area contributed by atoms with Crippen LogP contribution in [-0.2, 0) is 14.3 Å². The van der Waals surface area contributed by atoms with Gasteiger partial charge >= 0.3 is 5.97 Å². The van der Waals surface area contributed by atoms with E-state index in [1.54, 1.807) is 25.2 Å². The van der Waals surface area contributed by atoms with Gasteiger partial charge in [-0.2, -0.15) is 0 Å². The number of aliphatic hydroxyl groups is 1. The van der Waals surface area contributed by atoms with Gasteiger partial charge in [0.2, 0.25) is 0 Å². The highest BCUT2D eigenvalue weighted by Crippen LogP contribution is 2.31. The summed E-state index contributed by atoms with van der Waals surface area (Å²) in [6.07, 6.45) is -0.882. The van der Waals surface area contributed by atoms with E-state index in [0.717, 1.165) is 0 Å². The van der Waals surface area contributed by atoms with Gasteiger partial charge in [0, 0.05) is 6.04 Å². The Morgan fingerprint density at radius 1 is 1.57 bits per heavy atom. The second-order valence-corrected chi connectivity index (χ2v) is 4.71. The van der Waals surface area contributed by atoms with Crippen molar-refractivity contribution in [1.29, 1.82) is 0 Å². The first-order chi connectivity index (χ1) is 10.0. The lowest BCUT2D eigenvalue weighted by Crippen LogP contribution is -2.35. The monoisotopic (exact) mass is 294 g/mol. The molecule has 0 radical (unpaired) electrons. The van der Waals surface area contributed by atoms with E-state index in [9.17, 15) is 14.7 Å². The van der Waals surface area contributed by atoms with E-state index in [1.165, 1.54) is 7.11 Å². The lowest BCUT2D eigenvalue weighted by molar-refractivity contribution is -0.142. The lowest BCUT2D eigenvalue weighted by Gasteiger charge is -2.24. The van der Waals surface area contributed by atoms with Crippen LogP contribution in [0.5, 0.6) is 5.75 Å². The quantitative estimate of drug-likeness (QED) is 0.671. The third-order valence-electron chi connectivity index (χ3n) is 3.34. The molecule has 2 rings (SSSR count). The maximum atomic E-state index is 11.3. The van der Waals surface area contributed by atoms with E-state index >= 15 is 0 Å². The van der Waals surface area contributed by atoms with Gasteiger partial charge in [-0.05, 0) is 24.7 Å². The molecule has 2 atom stereocenters. The van der Waals surface area contributed by atoms with E-state index in [1.807, 2.05) is 0 Å². The molecule has 1 amide bonds. The molecule has 0 saturated carbocycles. The first-order valence-corrected chi connectivity index (χ1v) is 6.54. The number of carbonyl (C=O) groups excluding carboxylic acids is 2. The smallest absolute Gasteiger partial charge is 0.307 e. The number of hydrogen-bond donors (Lipinski definition) is 3. The number of fused-ring (bicyclic) bond motifs is 1. The molecule has 0 aliphatic carbocycles. The van der Waals surface area contributed by atoms with Crippen LogP contribution in [0.25, 0.3) is 0 Å². The highest BCUT2D eigenvalue weighted by molar-refractivity contribution is 5.95. The van der Waals surface area contributed by atoms with Gasteiger partial charge in [-0.25, -0.2) is 0 Å². The molecule has 1 aromatic rings. The Morgan fingerprint density at radius 3 is 3.00 bits per heavy atom. The van der Waals surface area contributed by atoms with Gasteiger partial charge in [-0.3, -0.25) is 9.59 Å². The van der Waals surface area contributed by atoms with E-state index < -0.39 is 18.1 Å². The Hall–Kier alpha value is -2.12. The molecule has 7 nitrogen and oxygen atoms in total. The third kappa shape index (κ3) is 3.50. The zero-order valence-corrected chi connectivity index (χ0v) is 11.9. The molecule has 0 spiro atoms. The van der Waals surface area contributed by atoms with Crippen molar-refractivity contribution in [2.24, 2.45) is 0 Å². The van der Waals surface area contributed by atoms with Crippen LogP contribution < -0.4 is 15.4 Å². The Balaban J connectivity index is 2.18. The van der Waals surface area contributed by atoms with Crippen LogP contribution in [-0.4, -0.2) is 43.8 Å². The van der Waals surface area contributed by atoms with Crippen molar-refractivity contribution in [2.75, 3.05) is 26.1 Å². The van der Waals surface area contributed by atoms with Crippen LogP contribution in [0.4, 0.5) is 5.69 Å². The van der Waals surface area contributed by atoms with Gasteiger partial charge in [0.15, 0.2) is 6.61 Å². The highest BCUT2D eigenvalue weighted by atomic mass is 16.5. The first-order valence-electron chi connectivity index (χ1n) is 6.54. The molecule has 0 saturated heterocycles. The van der Waals surface area contributed by atoms with Gasteiger partial charge < -0.3 is 25.2 Å². The Bertz CT molecular complexity index is 546. The summed E-state index contributed by atoms with van der Waals surface area (Å²) in [5, 5.41) is 15.9. The Labute approximate surface area is 122 Å². The van der Waals surface area contributed by atoms with Crippen molar-refractivity contribution in [3.63, 3.8) is 0 Å². The van der Waals surface area contributed by atoms with Crippen molar-refractivity contribution < 1.29 is 24.2 Å². The minimum Gasteiger partial charge on any atom is -0.482 e. The molecule has 3 N–H and O–H groups in total. The van der Waals surface area contributed by atoms with Gasteiger partial charge in [-0.1, -0.05) is 6.07 Å². The minimum atomic E-state index is -0.918. The zero-order chi connectivity index (χ0) is 15.4. The zero-order valence-electron chi connectivity index (χ0n) is 11.9. The summed E-state index contributed by atoms with van der Waals surface area (Å²) in [4.78, 5) is 22.7. The van der Waals surface area contributed by atoms with E-state index in [2.05, 4.69) is 15.4 Å². The number of methoxy groups -OCH3 is 1. The van der Waals surface area contributed by atoms with E-state index in [4.69, 9.17) is 4.74 Å². The molecule has 0 aromatic heterocycles. The van der Waals surface area contributed by atoms with E-state index in [0.29, 0.717) is 17.0 Å². The van der Waals surface area contributed by atoms with Crippen molar-refractivity contribution in [1.82, 2.24) is 5.32 Å². The molecular weight excluding hydrogens is 276 g/mol. The number of benzene rings is 1. The number of amides is 1. The number of likely N-dealkylation sites (N-methyl/N-ethyl adjacent to an activating group) is 1. The van der Waals surface area contributed by atoms with E-state index in [-0.39, 0.29) is 18.9 Å². The highest BCUT2D eigenvalue weighted by Gasteiger charge is 2.24. The fraction of sp³-hybridized carbons (Fsp3) is 0.429. The summed E-state index contributed by atoms with van der Waals surface area (Å²) in [5.41, 5.74) is 1.08. The molecular formula is C14H18N2O5. The van der Waals surface area contributed by atoms with Crippen LogP contribution in [0.15, 0.2) is 18.2 Å². The molecule has 2 unspecified atom stereocenters. The minimum absolute atomic E-state index is 0.0175. The lowest BCUT2D eigenvalue weighted by atomic mass is 9.99. The number of esters is 1. The molecule has 7 heteroatoms. The normalized spacial score (nSPS) is 16.2. The van der Waals surface area contributed by atoms with Crippen LogP contribution in [0.2, 0.25) is 0 Å². The van der Waals surface area contributed by atoms with Crippen molar-refractivity contribution in [3.05, 3.63) is 23.8 Å². The molecule has 0 bridgehead atoms. The van der Waals surface area contributed by atoms with Crippen LogP contribution in [0, 0.1) is 0 Å². The maximum absolute atomic E-state index is 11.3. The molecule has 1 aliphatic rings. The molecule has 1 heterocycles. The average Bonchev–Trinajstić information content (AvgIpc) is 2.50. The van der Waals surface area contributed by atoms with Crippen molar-refractivity contribution >= 4 is 17.6 Å². The van der Waals surface area contributed by atoms with Gasteiger partial charge in [-0.15, -0.1) is 0 Å². The number of ether oxygens (including phenoxy) is 2. The number of anilines is 1. The third-order valence-corrected chi connectivity index (χ3v) is 3.34. The van der Waals surface area contributed by atoms with Crippen molar-refractivity contribution in [3.8, 4) is 5.75 Å². The molecule has 1 aromatic carbocycles. The summed E-state index contributed by atoms with van der Waals surface area (Å²) in [6.45, 7) is -0.0175. The van der Waals surface area contributed by atoms with Gasteiger partial charge in [0.25, 0.3) is 5.91 Å². The largest absolute Gasteiger partial charge is 0.482 e. The fourth-order valence-electron chi connectivity index (χ4n) is 2.15. The fourth-order valence-corrected chi connectivity index (χ4v) is 2.15. The second-order valence-electron chi connectivity index (χ2n) is 4.71. The summed E-state index contributed by atoms with van der Waals surface area (Å²) in [7, 11) is 2.95. The van der Waals surface area contributed by atoms with Crippen LogP contribution in [0.3, 0.4) is 0 Å². The summed E-state index contributed by atoms with van der Waals surface area (Å²) in [6, 6.07) is 4.52. The van der Waals surface area contributed by atoms with Gasteiger partial charge in [0.1, 0.15) is 5.75 Å². The number of hydrogen-bond acceptors (Lipinski definition) is 6. The van der Waals surface area contributed by atoms with Crippen LogP contribution >= 0.6 is 0 Å². The Kier molecular flexibility index (Phi) is 4.77. The molecule has 21 heavy (non-hydrogen) atoms. The first kappa shape index (κ1) is 15.3. The van der Waals surface area contributed by atoms with Crippen LogP contribution in [0.1, 0.15) is 18.1 Å². The second kappa shape index (κ2) is 6.55. The standard InChI is InChI=1S/C14H18N2O5/c1-15-10(6-13(18)20-2)14(19)8-3-4-11-9(5-8)16-12(17)7-21-11/h3-5,10,14-15,19H,6-7H2,1-2H3,(H,16,17). The summed E-state index contributed by atoms with van der Waals surface area (Å²) < 4.78 is 9.86. The summed E-state index contributed by atoms with van der Waals surface area (Å²) >= 11 is 0. The maximum Gasteiger partial charge on any atom is 0.307 e. The predicted molar refractivity (Wildman–Crippen MR) is 75.0 cm³/mol. The number of rotatable bonds is 5.